The first-order valence-electron chi connectivity index (χ1n) is 8.41. The molecule has 1 unspecified atom stereocenters. The maximum Gasteiger partial charge on any atom is 0.501 e. The molecule has 132 valence electrons. The van der Waals surface area contributed by atoms with Crippen molar-refractivity contribution in [2.45, 2.75) is 59.1 Å². The van der Waals surface area contributed by atoms with E-state index in [0.29, 0.717) is 31.2 Å². The van der Waals surface area contributed by atoms with E-state index in [4.69, 9.17) is 13.3 Å². The highest BCUT2D eigenvalue weighted by atomic mass is 28.4. The van der Waals surface area contributed by atoms with E-state index in [-0.39, 0.29) is 0 Å². The lowest BCUT2D eigenvalue weighted by atomic mass is 10.1. The minimum Gasteiger partial charge on any atom is -0.373 e. The molecule has 1 aromatic carbocycles. The first kappa shape index (κ1) is 20.2. The molecule has 0 saturated carbocycles. The second kappa shape index (κ2) is 10.1. The van der Waals surface area contributed by atoms with E-state index >= 15 is 0 Å². The molecule has 0 heterocycles. The van der Waals surface area contributed by atoms with E-state index in [0.717, 1.165) is 18.9 Å². The van der Waals surface area contributed by atoms with Gasteiger partial charge in [-0.1, -0.05) is 27.7 Å². The molecule has 23 heavy (non-hydrogen) atoms. The van der Waals surface area contributed by atoms with Gasteiger partial charge in [-0.25, -0.2) is 8.78 Å². The lowest BCUT2D eigenvalue weighted by molar-refractivity contribution is 0.0250. The molecule has 0 fully saturated rings. The zero-order valence-corrected chi connectivity index (χ0v) is 15.5. The van der Waals surface area contributed by atoms with Gasteiger partial charge in [0, 0.05) is 25.3 Å². The molecule has 0 spiro atoms. The van der Waals surface area contributed by atoms with Crippen LogP contribution >= 0.6 is 0 Å². The molecule has 0 amide bonds. The Hall–Kier alpha value is -0.823. The smallest absolute Gasteiger partial charge is 0.373 e. The predicted octanol–water partition coefficient (Wildman–Crippen LogP) is 5.24. The van der Waals surface area contributed by atoms with Gasteiger partial charge in [-0.15, -0.1) is 0 Å². The van der Waals surface area contributed by atoms with Gasteiger partial charge < -0.3 is 13.3 Å². The van der Waals surface area contributed by atoms with Gasteiger partial charge >= 0.3 is 8.80 Å². The van der Waals surface area contributed by atoms with Crippen molar-refractivity contribution in [3.05, 3.63) is 35.4 Å². The van der Waals surface area contributed by atoms with E-state index in [2.05, 4.69) is 0 Å². The van der Waals surface area contributed by atoms with E-state index in [9.17, 15) is 8.78 Å². The molecule has 0 bridgehead atoms. The van der Waals surface area contributed by atoms with Gasteiger partial charge in [0.2, 0.25) is 0 Å². The Morgan fingerprint density at radius 2 is 1.43 bits per heavy atom. The molecular formula is C17H28F2O3Si. The summed E-state index contributed by atoms with van der Waals surface area (Å²) in [6, 6.07) is 4.11. The van der Waals surface area contributed by atoms with Crippen molar-refractivity contribution in [2.75, 3.05) is 13.2 Å². The third-order valence-electron chi connectivity index (χ3n) is 3.43. The van der Waals surface area contributed by atoms with Gasteiger partial charge in [-0.05, 0) is 37.0 Å². The molecule has 0 aliphatic rings. The quantitative estimate of drug-likeness (QED) is 0.513. The molecule has 1 rings (SSSR count). The van der Waals surface area contributed by atoms with Gasteiger partial charge in [-0.2, -0.15) is 0 Å². The summed E-state index contributed by atoms with van der Waals surface area (Å²) in [6.07, 6.45) is 1.86. The maximum absolute atomic E-state index is 13.5. The summed E-state index contributed by atoms with van der Waals surface area (Å²) in [5.41, 5.74) is 0.482. The molecule has 0 saturated heterocycles. The standard InChI is InChI=1S/C17H28F2O3Si/c1-5-9-20-23(8-4,21-10-6-2)22-17(7-3)14-11-15(18)13-16(19)12-14/h11-13,17H,5-10H2,1-4H3. The summed E-state index contributed by atoms with van der Waals surface area (Å²) in [6.45, 7) is 9.04. The molecule has 0 aliphatic heterocycles. The van der Waals surface area contributed by atoms with Crippen molar-refractivity contribution in [3.63, 3.8) is 0 Å². The van der Waals surface area contributed by atoms with Crippen LogP contribution in [0.15, 0.2) is 18.2 Å². The van der Waals surface area contributed by atoms with E-state index in [1.54, 1.807) is 0 Å². The van der Waals surface area contributed by atoms with Crippen molar-refractivity contribution in [1.29, 1.82) is 0 Å². The minimum absolute atomic E-state index is 0.444. The monoisotopic (exact) mass is 346 g/mol. The Labute approximate surface area is 139 Å². The van der Waals surface area contributed by atoms with Crippen molar-refractivity contribution in [1.82, 2.24) is 0 Å². The highest BCUT2D eigenvalue weighted by molar-refractivity contribution is 6.60. The van der Waals surface area contributed by atoms with Crippen LogP contribution < -0.4 is 0 Å². The summed E-state index contributed by atoms with van der Waals surface area (Å²) >= 11 is 0. The topological polar surface area (TPSA) is 27.7 Å². The second-order valence-corrected chi connectivity index (χ2v) is 8.34. The van der Waals surface area contributed by atoms with Crippen LogP contribution in [0.1, 0.15) is 58.6 Å². The summed E-state index contributed by atoms with van der Waals surface area (Å²) in [5, 5.41) is 0. The first-order chi connectivity index (χ1) is 11.0. The largest absolute Gasteiger partial charge is 0.501 e. The molecule has 3 nitrogen and oxygen atoms in total. The summed E-state index contributed by atoms with van der Waals surface area (Å²) in [7, 11) is -2.86. The van der Waals surface area contributed by atoms with Crippen LogP contribution in [0.25, 0.3) is 0 Å². The Kier molecular flexibility index (Phi) is 8.90. The Morgan fingerprint density at radius 1 is 0.913 bits per heavy atom. The number of benzene rings is 1. The average molecular weight is 346 g/mol. The van der Waals surface area contributed by atoms with Crippen LogP contribution in [0.5, 0.6) is 0 Å². The number of hydrogen-bond acceptors (Lipinski definition) is 3. The lowest BCUT2D eigenvalue weighted by Crippen LogP contribution is -2.46. The first-order valence-corrected chi connectivity index (χ1v) is 10.3. The van der Waals surface area contributed by atoms with Crippen LogP contribution in [0, 0.1) is 11.6 Å². The number of rotatable bonds is 11. The van der Waals surface area contributed by atoms with Crippen LogP contribution in [0.3, 0.4) is 0 Å². The molecule has 6 heteroatoms. The summed E-state index contributed by atoms with van der Waals surface area (Å²) < 4.78 is 45.1. The zero-order valence-electron chi connectivity index (χ0n) is 14.5. The van der Waals surface area contributed by atoms with Gasteiger partial charge in [0.05, 0.1) is 6.10 Å². The van der Waals surface area contributed by atoms with Gasteiger partial charge in [0.1, 0.15) is 11.6 Å². The van der Waals surface area contributed by atoms with Gasteiger partial charge in [0.15, 0.2) is 0 Å². The zero-order chi connectivity index (χ0) is 17.3. The fourth-order valence-corrected chi connectivity index (χ4v) is 4.84. The molecule has 0 aliphatic carbocycles. The Bertz CT molecular complexity index is 443. The highest BCUT2D eigenvalue weighted by Gasteiger charge is 2.41. The second-order valence-electron chi connectivity index (χ2n) is 5.45. The summed E-state index contributed by atoms with van der Waals surface area (Å²) in [5.74, 6) is -1.20. The minimum atomic E-state index is -2.86. The molecule has 0 radical (unpaired) electrons. The van der Waals surface area contributed by atoms with E-state index in [1.807, 2.05) is 27.7 Å². The Morgan fingerprint density at radius 3 is 1.83 bits per heavy atom. The van der Waals surface area contributed by atoms with Gasteiger partial charge in [-0.3, -0.25) is 0 Å². The van der Waals surface area contributed by atoms with Crippen molar-refractivity contribution >= 4 is 8.80 Å². The number of hydrogen-bond donors (Lipinski definition) is 0. The highest BCUT2D eigenvalue weighted by Crippen LogP contribution is 2.29. The van der Waals surface area contributed by atoms with Crippen molar-refractivity contribution < 1.29 is 22.1 Å². The molecular weight excluding hydrogens is 318 g/mol. The van der Waals surface area contributed by atoms with Crippen LogP contribution in [0.4, 0.5) is 8.78 Å². The SMILES string of the molecule is CCCO[Si](CC)(OCCC)OC(CC)c1cc(F)cc(F)c1. The predicted molar refractivity (Wildman–Crippen MR) is 89.2 cm³/mol. The van der Waals surface area contributed by atoms with Gasteiger partial charge in [0.25, 0.3) is 0 Å². The molecule has 1 atom stereocenters. The fraction of sp³-hybridized carbons (Fsp3) is 0.647. The molecule has 0 N–H and O–H groups in total. The van der Waals surface area contributed by atoms with Crippen molar-refractivity contribution in [2.24, 2.45) is 0 Å². The number of halogens is 2. The normalized spacial score (nSPS) is 13.3. The van der Waals surface area contributed by atoms with Crippen molar-refractivity contribution in [3.8, 4) is 0 Å². The third kappa shape index (κ3) is 6.29. The Balaban J connectivity index is 3.00. The van der Waals surface area contributed by atoms with Crippen LogP contribution in [-0.2, 0) is 13.3 Å². The van der Waals surface area contributed by atoms with E-state index < -0.39 is 26.5 Å². The van der Waals surface area contributed by atoms with E-state index in [1.165, 1.54) is 12.1 Å². The third-order valence-corrected chi connectivity index (χ3v) is 6.23. The maximum atomic E-state index is 13.5. The average Bonchev–Trinajstić information content (AvgIpc) is 2.53. The molecule has 1 aromatic rings. The summed E-state index contributed by atoms with van der Waals surface area (Å²) in [4.78, 5) is 0. The lowest BCUT2D eigenvalue weighted by Gasteiger charge is -2.32. The molecule has 0 aromatic heterocycles. The fourth-order valence-electron chi connectivity index (χ4n) is 2.28. The van der Waals surface area contributed by atoms with Crippen LogP contribution in [-0.4, -0.2) is 22.0 Å². The van der Waals surface area contributed by atoms with Crippen LogP contribution in [0.2, 0.25) is 6.04 Å².